The molecule has 1 N–H and O–H groups in total. The fraction of sp³-hybridized carbons (Fsp3) is 0.0909. The molecule has 0 spiro atoms. The highest BCUT2D eigenvalue weighted by molar-refractivity contribution is 7.11. The minimum absolute atomic E-state index is 0.229. The van der Waals surface area contributed by atoms with E-state index in [0.29, 0.717) is 24.2 Å². The molecule has 2 amide bonds. The fourth-order valence-electron chi connectivity index (χ4n) is 3.11. The molecule has 0 unspecified atom stereocenters. The lowest BCUT2D eigenvalue weighted by atomic mass is 10.1. The molecular weight excluding hydrogens is 375 g/mol. The van der Waals surface area contributed by atoms with Crippen LogP contribution < -0.4 is 5.32 Å². The number of carbonyl (C=O) groups excluding carboxylic acids is 2. The van der Waals surface area contributed by atoms with E-state index in [1.807, 2.05) is 47.8 Å². The first kappa shape index (κ1) is 18.1. The zero-order valence-electron chi connectivity index (χ0n) is 14.9. The largest absolute Gasteiger partial charge is 0.350 e. The highest BCUT2D eigenvalue weighted by atomic mass is 32.1. The van der Waals surface area contributed by atoms with E-state index in [4.69, 9.17) is 0 Å². The highest BCUT2D eigenvalue weighted by Crippen LogP contribution is 2.33. The van der Waals surface area contributed by atoms with Gasteiger partial charge in [0.25, 0.3) is 11.8 Å². The van der Waals surface area contributed by atoms with Crippen molar-refractivity contribution in [2.24, 2.45) is 0 Å². The molecule has 0 atom stereocenters. The first-order chi connectivity index (χ1) is 13.6. The summed E-state index contributed by atoms with van der Waals surface area (Å²) in [6.45, 7) is 0.297. The van der Waals surface area contributed by atoms with E-state index in [2.05, 4.69) is 5.32 Å². The Hall–Kier alpha value is -3.25. The van der Waals surface area contributed by atoms with Crippen LogP contribution in [0, 0.1) is 5.82 Å². The Morgan fingerprint density at radius 2 is 1.64 bits per heavy atom. The quantitative estimate of drug-likeness (QED) is 0.636. The number of benzene rings is 2. The molecule has 2 heterocycles. The number of halogens is 1. The van der Waals surface area contributed by atoms with Crippen molar-refractivity contribution in [1.29, 1.82) is 0 Å². The van der Waals surface area contributed by atoms with Gasteiger partial charge in [0, 0.05) is 17.1 Å². The van der Waals surface area contributed by atoms with Crippen molar-refractivity contribution in [1.82, 2.24) is 4.90 Å². The van der Waals surface area contributed by atoms with E-state index in [1.165, 1.54) is 28.4 Å². The third-order valence-corrected chi connectivity index (χ3v) is 5.40. The van der Waals surface area contributed by atoms with Gasteiger partial charge in [-0.1, -0.05) is 36.4 Å². The van der Waals surface area contributed by atoms with Crippen LogP contribution in [-0.4, -0.2) is 23.3 Å². The number of thiophene rings is 1. The second-order valence-corrected chi connectivity index (χ2v) is 7.30. The lowest BCUT2D eigenvalue weighted by Crippen LogP contribution is -2.34. The number of nitrogens with one attached hydrogen (secondary N) is 1. The molecule has 4 rings (SSSR count). The predicted octanol–water partition coefficient (Wildman–Crippen LogP) is 4.32. The number of amides is 2. The van der Waals surface area contributed by atoms with Crippen LogP contribution in [0.3, 0.4) is 0 Å². The van der Waals surface area contributed by atoms with Crippen LogP contribution >= 0.6 is 11.3 Å². The van der Waals surface area contributed by atoms with Crippen LogP contribution in [0.5, 0.6) is 0 Å². The molecular formula is C22H17FN2O2S. The van der Waals surface area contributed by atoms with Gasteiger partial charge in [0.1, 0.15) is 11.5 Å². The SMILES string of the molecule is O=C1C(Nc2ccc(F)cc2)=C(c2cccs2)C(=O)N1CCc1ccccc1. The molecule has 4 nitrogen and oxygen atoms in total. The lowest BCUT2D eigenvalue weighted by molar-refractivity contribution is -0.136. The second-order valence-electron chi connectivity index (χ2n) is 6.36. The molecule has 0 radical (unpaired) electrons. The van der Waals surface area contributed by atoms with Crippen molar-refractivity contribution in [3.63, 3.8) is 0 Å². The summed E-state index contributed by atoms with van der Waals surface area (Å²) < 4.78 is 13.2. The van der Waals surface area contributed by atoms with Crippen LogP contribution in [0.4, 0.5) is 10.1 Å². The van der Waals surface area contributed by atoms with Gasteiger partial charge in [-0.2, -0.15) is 0 Å². The van der Waals surface area contributed by atoms with Gasteiger partial charge in [-0.15, -0.1) is 11.3 Å². The summed E-state index contributed by atoms with van der Waals surface area (Å²) in [6.07, 6.45) is 0.583. The Bertz CT molecular complexity index is 1030. The van der Waals surface area contributed by atoms with E-state index in [9.17, 15) is 14.0 Å². The van der Waals surface area contributed by atoms with Gasteiger partial charge in [-0.25, -0.2) is 4.39 Å². The molecule has 1 aromatic heterocycles. The minimum atomic E-state index is -0.367. The molecule has 3 aromatic rings. The van der Waals surface area contributed by atoms with E-state index in [0.717, 1.165) is 10.4 Å². The summed E-state index contributed by atoms with van der Waals surface area (Å²) in [5.41, 5.74) is 2.20. The first-order valence-corrected chi connectivity index (χ1v) is 9.72. The second kappa shape index (κ2) is 7.78. The molecule has 0 saturated heterocycles. The fourth-order valence-corrected chi connectivity index (χ4v) is 3.88. The number of imide groups is 1. The molecule has 1 aliphatic rings. The van der Waals surface area contributed by atoms with Crippen molar-refractivity contribution < 1.29 is 14.0 Å². The molecule has 0 aliphatic carbocycles. The Morgan fingerprint density at radius 1 is 0.893 bits per heavy atom. The van der Waals surface area contributed by atoms with Crippen LogP contribution in [0.2, 0.25) is 0 Å². The maximum atomic E-state index is 13.2. The average Bonchev–Trinajstić information content (AvgIpc) is 3.31. The number of carbonyl (C=O) groups is 2. The monoisotopic (exact) mass is 392 g/mol. The van der Waals surface area contributed by atoms with Gasteiger partial charge in [0.2, 0.25) is 0 Å². The Morgan fingerprint density at radius 3 is 2.32 bits per heavy atom. The van der Waals surface area contributed by atoms with Crippen molar-refractivity contribution in [2.75, 3.05) is 11.9 Å². The highest BCUT2D eigenvalue weighted by Gasteiger charge is 2.39. The average molecular weight is 392 g/mol. The predicted molar refractivity (Wildman–Crippen MR) is 108 cm³/mol. The van der Waals surface area contributed by atoms with Gasteiger partial charge in [-0.05, 0) is 47.7 Å². The summed E-state index contributed by atoms with van der Waals surface area (Å²) in [6, 6.07) is 19.1. The lowest BCUT2D eigenvalue weighted by Gasteiger charge is -2.15. The summed E-state index contributed by atoms with van der Waals surface area (Å²) in [5, 5.41) is 4.89. The first-order valence-electron chi connectivity index (χ1n) is 8.84. The Labute approximate surface area is 165 Å². The maximum Gasteiger partial charge on any atom is 0.278 e. The maximum absolute atomic E-state index is 13.2. The zero-order chi connectivity index (χ0) is 19.5. The topological polar surface area (TPSA) is 49.4 Å². The smallest absolute Gasteiger partial charge is 0.278 e. The standard InChI is InChI=1S/C22H17FN2O2S/c23-16-8-10-17(11-9-16)24-20-19(18-7-4-14-28-18)21(26)25(22(20)27)13-12-15-5-2-1-3-6-15/h1-11,14,24H,12-13H2. The van der Waals surface area contributed by atoms with Crippen LogP contribution in [0.15, 0.2) is 77.8 Å². The van der Waals surface area contributed by atoms with Gasteiger partial charge in [-0.3, -0.25) is 14.5 Å². The van der Waals surface area contributed by atoms with Crippen molar-refractivity contribution in [2.45, 2.75) is 6.42 Å². The van der Waals surface area contributed by atoms with Crippen molar-refractivity contribution >= 4 is 34.4 Å². The molecule has 0 saturated carbocycles. The third-order valence-electron chi connectivity index (χ3n) is 4.52. The molecule has 2 aromatic carbocycles. The van der Waals surface area contributed by atoms with Gasteiger partial charge < -0.3 is 5.32 Å². The number of hydrogen-bond donors (Lipinski definition) is 1. The molecule has 6 heteroatoms. The Kier molecular flexibility index (Phi) is 5.04. The van der Waals surface area contributed by atoms with E-state index < -0.39 is 0 Å². The molecule has 0 fully saturated rings. The van der Waals surface area contributed by atoms with Crippen LogP contribution in [0.25, 0.3) is 5.57 Å². The minimum Gasteiger partial charge on any atom is -0.350 e. The number of rotatable bonds is 6. The number of hydrogen-bond acceptors (Lipinski definition) is 4. The van der Waals surface area contributed by atoms with E-state index in [-0.39, 0.29) is 23.3 Å². The normalized spacial score (nSPS) is 14.1. The van der Waals surface area contributed by atoms with E-state index in [1.54, 1.807) is 12.1 Å². The third kappa shape index (κ3) is 3.59. The van der Waals surface area contributed by atoms with E-state index >= 15 is 0 Å². The van der Waals surface area contributed by atoms with Gasteiger partial charge >= 0.3 is 0 Å². The summed E-state index contributed by atoms with van der Waals surface area (Å²) in [5.74, 6) is -1.04. The van der Waals surface area contributed by atoms with Crippen LogP contribution in [0.1, 0.15) is 10.4 Å². The number of anilines is 1. The summed E-state index contributed by atoms with van der Waals surface area (Å²) >= 11 is 1.40. The van der Waals surface area contributed by atoms with Gasteiger partial charge in [0.05, 0.1) is 5.57 Å². The van der Waals surface area contributed by atoms with Crippen molar-refractivity contribution in [3.8, 4) is 0 Å². The molecule has 140 valence electrons. The van der Waals surface area contributed by atoms with Crippen LogP contribution in [-0.2, 0) is 16.0 Å². The van der Waals surface area contributed by atoms with Gasteiger partial charge in [0.15, 0.2) is 0 Å². The number of nitrogens with zero attached hydrogens (tertiary/aromatic N) is 1. The zero-order valence-corrected chi connectivity index (χ0v) is 15.7. The molecule has 28 heavy (non-hydrogen) atoms. The summed E-state index contributed by atoms with van der Waals surface area (Å²) in [4.78, 5) is 28.1. The van der Waals surface area contributed by atoms with Crippen molar-refractivity contribution in [3.05, 3.63) is 94.1 Å². The Balaban J connectivity index is 1.62. The molecule has 0 bridgehead atoms. The summed E-state index contributed by atoms with van der Waals surface area (Å²) in [7, 11) is 0. The molecule has 1 aliphatic heterocycles.